The molecule has 0 saturated heterocycles. The van der Waals surface area contributed by atoms with Gasteiger partial charge >= 0.3 is 0 Å². The zero-order valence-corrected chi connectivity index (χ0v) is 15.9. The summed E-state index contributed by atoms with van der Waals surface area (Å²) in [7, 11) is 0. The summed E-state index contributed by atoms with van der Waals surface area (Å²) in [5.74, 6) is -0.599. The average molecular weight is 395 g/mol. The van der Waals surface area contributed by atoms with Crippen molar-refractivity contribution in [2.75, 3.05) is 0 Å². The number of carbonyl (C=O) groups excluding carboxylic acids is 1. The van der Waals surface area contributed by atoms with Crippen LogP contribution >= 0.6 is 12.4 Å². The summed E-state index contributed by atoms with van der Waals surface area (Å²) in [4.78, 5) is 12.5. The van der Waals surface area contributed by atoms with Gasteiger partial charge in [-0.25, -0.2) is 8.78 Å². The molecule has 27 heavy (non-hydrogen) atoms. The lowest BCUT2D eigenvalue weighted by atomic mass is 9.96. The van der Waals surface area contributed by atoms with Crippen molar-refractivity contribution in [2.45, 2.75) is 44.2 Å². The van der Waals surface area contributed by atoms with Crippen LogP contribution < -0.4 is 11.1 Å². The highest BCUT2D eigenvalue weighted by molar-refractivity contribution is 5.85. The third-order valence-electron chi connectivity index (χ3n) is 5.08. The lowest BCUT2D eigenvalue weighted by Gasteiger charge is -2.22. The molecule has 3 atom stereocenters. The molecule has 6 heteroatoms. The van der Waals surface area contributed by atoms with Gasteiger partial charge in [0.05, 0.1) is 6.04 Å². The zero-order valence-electron chi connectivity index (χ0n) is 15.0. The molecule has 0 aliphatic heterocycles. The molecule has 0 heterocycles. The maximum atomic E-state index is 13.7. The van der Waals surface area contributed by atoms with Gasteiger partial charge in [0.15, 0.2) is 0 Å². The van der Waals surface area contributed by atoms with Crippen molar-refractivity contribution < 1.29 is 13.6 Å². The molecule has 0 spiro atoms. The standard InChI is InChI=1S/C21H24F2N2O.ClH/c22-17-7-1-4-14(10-17)11-20(16-6-2-8-18(23)12-16)25-21(26)13-15-5-3-9-19(15)24;/h1-2,4,6-8,10,12,15,19-20H,3,5,9,11,13,24H2,(H,25,26);1H/t15-,19+,20?;/m0./s1. The Morgan fingerprint density at radius 2 is 1.81 bits per heavy atom. The van der Waals surface area contributed by atoms with Gasteiger partial charge in [-0.15, -0.1) is 12.4 Å². The van der Waals surface area contributed by atoms with Crippen molar-refractivity contribution in [3.63, 3.8) is 0 Å². The van der Waals surface area contributed by atoms with E-state index < -0.39 is 6.04 Å². The van der Waals surface area contributed by atoms with Crippen LogP contribution in [-0.2, 0) is 11.2 Å². The van der Waals surface area contributed by atoms with Crippen molar-refractivity contribution in [3.05, 3.63) is 71.3 Å². The van der Waals surface area contributed by atoms with Gasteiger partial charge in [-0.05, 0) is 60.6 Å². The highest BCUT2D eigenvalue weighted by Gasteiger charge is 2.27. The van der Waals surface area contributed by atoms with Crippen LogP contribution in [0.2, 0.25) is 0 Å². The summed E-state index contributed by atoms with van der Waals surface area (Å²) in [5, 5.41) is 2.99. The summed E-state index contributed by atoms with van der Waals surface area (Å²) in [6, 6.07) is 12.0. The zero-order chi connectivity index (χ0) is 18.5. The lowest BCUT2D eigenvalue weighted by molar-refractivity contribution is -0.122. The van der Waals surface area contributed by atoms with Gasteiger partial charge in [0.2, 0.25) is 5.91 Å². The van der Waals surface area contributed by atoms with E-state index in [1.807, 2.05) is 0 Å². The quantitative estimate of drug-likeness (QED) is 0.767. The van der Waals surface area contributed by atoms with Crippen LogP contribution in [0.3, 0.4) is 0 Å². The van der Waals surface area contributed by atoms with E-state index in [-0.39, 0.29) is 41.9 Å². The number of benzene rings is 2. The number of hydrogen-bond donors (Lipinski definition) is 2. The van der Waals surface area contributed by atoms with Crippen LogP contribution in [0, 0.1) is 17.6 Å². The van der Waals surface area contributed by atoms with E-state index in [1.165, 1.54) is 24.3 Å². The van der Waals surface area contributed by atoms with E-state index in [2.05, 4.69) is 5.32 Å². The third kappa shape index (κ3) is 6.01. The molecule has 146 valence electrons. The van der Waals surface area contributed by atoms with Crippen molar-refractivity contribution in [1.29, 1.82) is 0 Å². The summed E-state index contributed by atoms with van der Waals surface area (Å²) in [5.41, 5.74) is 7.47. The Hall–Kier alpha value is -1.98. The molecule has 0 aromatic heterocycles. The fraction of sp³-hybridized carbons (Fsp3) is 0.381. The van der Waals surface area contributed by atoms with Crippen molar-refractivity contribution in [2.24, 2.45) is 11.7 Å². The highest BCUT2D eigenvalue weighted by Crippen LogP contribution is 2.27. The number of rotatable bonds is 6. The third-order valence-corrected chi connectivity index (χ3v) is 5.08. The number of carbonyl (C=O) groups is 1. The minimum absolute atomic E-state index is 0. The largest absolute Gasteiger partial charge is 0.349 e. The van der Waals surface area contributed by atoms with Gasteiger partial charge < -0.3 is 11.1 Å². The smallest absolute Gasteiger partial charge is 0.220 e. The highest BCUT2D eigenvalue weighted by atomic mass is 35.5. The molecular weight excluding hydrogens is 370 g/mol. The predicted octanol–water partition coefficient (Wildman–Crippen LogP) is 4.30. The molecule has 1 aliphatic rings. The summed E-state index contributed by atoms with van der Waals surface area (Å²) in [6.07, 6.45) is 3.73. The Morgan fingerprint density at radius 1 is 1.11 bits per heavy atom. The predicted molar refractivity (Wildman–Crippen MR) is 105 cm³/mol. The summed E-state index contributed by atoms with van der Waals surface area (Å²) in [6.45, 7) is 0. The van der Waals surface area contributed by atoms with E-state index in [0.717, 1.165) is 24.8 Å². The second-order valence-corrected chi connectivity index (χ2v) is 7.07. The Balaban J connectivity index is 0.00000261. The number of amides is 1. The molecule has 1 amide bonds. The second kappa shape index (κ2) is 9.81. The Labute approximate surface area is 164 Å². The number of nitrogens with one attached hydrogen (secondary N) is 1. The fourth-order valence-electron chi connectivity index (χ4n) is 3.69. The van der Waals surface area contributed by atoms with Crippen molar-refractivity contribution in [1.82, 2.24) is 5.32 Å². The van der Waals surface area contributed by atoms with E-state index in [4.69, 9.17) is 5.73 Å². The first kappa shape index (κ1) is 21.3. The second-order valence-electron chi connectivity index (χ2n) is 7.07. The summed E-state index contributed by atoms with van der Waals surface area (Å²) >= 11 is 0. The average Bonchev–Trinajstić information content (AvgIpc) is 2.99. The maximum absolute atomic E-state index is 13.7. The molecule has 1 saturated carbocycles. The molecule has 3 nitrogen and oxygen atoms in total. The maximum Gasteiger partial charge on any atom is 0.220 e. The minimum atomic E-state index is -0.419. The molecule has 2 aromatic rings. The van der Waals surface area contributed by atoms with Gasteiger partial charge in [-0.3, -0.25) is 4.79 Å². The van der Waals surface area contributed by atoms with E-state index in [1.54, 1.807) is 24.3 Å². The Bertz CT molecular complexity index is 771. The Morgan fingerprint density at radius 3 is 2.44 bits per heavy atom. The molecule has 3 N–H and O–H groups in total. The van der Waals surface area contributed by atoms with Crippen LogP contribution in [-0.4, -0.2) is 11.9 Å². The number of nitrogens with two attached hydrogens (primary N) is 1. The van der Waals surface area contributed by atoms with Gasteiger partial charge in [-0.1, -0.05) is 30.7 Å². The molecule has 0 radical (unpaired) electrons. The first-order valence-corrected chi connectivity index (χ1v) is 9.06. The van der Waals surface area contributed by atoms with Gasteiger partial charge in [0.1, 0.15) is 11.6 Å². The fourth-order valence-corrected chi connectivity index (χ4v) is 3.69. The first-order chi connectivity index (χ1) is 12.5. The van der Waals surface area contributed by atoms with Gasteiger partial charge in [-0.2, -0.15) is 0 Å². The topological polar surface area (TPSA) is 55.1 Å². The molecule has 3 rings (SSSR count). The van der Waals surface area contributed by atoms with Crippen LogP contribution in [0.15, 0.2) is 48.5 Å². The normalized spacial score (nSPS) is 20.0. The van der Waals surface area contributed by atoms with Crippen molar-refractivity contribution in [3.8, 4) is 0 Å². The Kier molecular flexibility index (Phi) is 7.75. The molecule has 1 aliphatic carbocycles. The summed E-state index contributed by atoms with van der Waals surface area (Å²) < 4.78 is 27.2. The minimum Gasteiger partial charge on any atom is -0.349 e. The van der Waals surface area contributed by atoms with Crippen LogP contribution in [0.5, 0.6) is 0 Å². The number of hydrogen-bond acceptors (Lipinski definition) is 2. The van der Waals surface area contributed by atoms with Crippen LogP contribution in [0.4, 0.5) is 8.78 Å². The van der Waals surface area contributed by atoms with Crippen LogP contribution in [0.25, 0.3) is 0 Å². The van der Waals surface area contributed by atoms with E-state index in [9.17, 15) is 13.6 Å². The van der Waals surface area contributed by atoms with Crippen LogP contribution in [0.1, 0.15) is 42.9 Å². The molecule has 0 bridgehead atoms. The molecule has 2 aromatic carbocycles. The van der Waals surface area contributed by atoms with Crippen molar-refractivity contribution >= 4 is 18.3 Å². The number of halogens is 3. The van der Waals surface area contributed by atoms with E-state index in [0.29, 0.717) is 18.4 Å². The SMILES string of the molecule is Cl.N[C@@H]1CCC[C@H]1CC(=O)NC(Cc1cccc(F)c1)c1cccc(F)c1. The molecule has 1 fully saturated rings. The molecule has 1 unspecified atom stereocenters. The monoisotopic (exact) mass is 394 g/mol. The molecular formula is C21H25ClF2N2O. The van der Waals surface area contributed by atoms with E-state index >= 15 is 0 Å². The van der Waals surface area contributed by atoms with Gasteiger partial charge in [0.25, 0.3) is 0 Å². The lowest BCUT2D eigenvalue weighted by Crippen LogP contribution is -2.34. The first-order valence-electron chi connectivity index (χ1n) is 9.06. The van der Waals surface area contributed by atoms with Gasteiger partial charge in [0, 0.05) is 12.5 Å².